The molecule has 28 heavy (non-hydrogen) atoms. The minimum Gasteiger partial charge on any atom is -0.326 e. The zero-order valence-electron chi connectivity index (χ0n) is 16.4. The molecule has 146 valence electrons. The number of hydrogen-bond donors (Lipinski definition) is 1. The lowest BCUT2D eigenvalue weighted by Gasteiger charge is -2.42. The van der Waals surface area contributed by atoms with Gasteiger partial charge in [0.15, 0.2) is 5.82 Å². The maximum Gasteiger partial charge on any atom is 0.398 e. The number of benzene rings is 1. The predicted molar refractivity (Wildman–Crippen MR) is 108 cm³/mol. The fourth-order valence-corrected chi connectivity index (χ4v) is 5.22. The first-order valence-electron chi connectivity index (χ1n) is 9.99. The van der Waals surface area contributed by atoms with E-state index in [4.69, 9.17) is 11.6 Å². The van der Waals surface area contributed by atoms with Gasteiger partial charge in [0.2, 0.25) is 5.66 Å². The molecule has 0 amide bonds. The number of aromatic nitrogens is 4. The average molecular weight is 401 g/mol. The van der Waals surface area contributed by atoms with Crippen LogP contribution in [0.5, 0.6) is 0 Å². The summed E-state index contributed by atoms with van der Waals surface area (Å²) in [4.78, 5) is 8.90. The molecule has 7 heteroatoms. The molecule has 1 aromatic carbocycles. The molecule has 1 saturated carbocycles. The molecule has 1 N–H and O–H groups in total. The molecular formula is C21H24ClFN5+. The van der Waals surface area contributed by atoms with E-state index in [0.29, 0.717) is 10.5 Å². The third kappa shape index (κ3) is 2.40. The van der Waals surface area contributed by atoms with Crippen LogP contribution in [0.4, 0.5) is 10.3 Å². The zero-order chi connectivity index (χ0) is 19.6. The molecule has 0 atom stereocenters. The van der Waals surface area contributed by atoms with E-state index in [1.807, 2.05) is 13.0 Å². The van der Waals surface area contributed by atoms with E-state index in [1.54, 1.807) is 12.3 Å². The van der Waals surface area contributed by atoms with E-state index >= 15 is 4.39 Å². The summed E-state index contributed by atoms with van der Waals surface area (Å²) >= 11 is 6.63. The molecule has 2 aliphatic rings. The molecule has 2 aromatic heterocycles. The number of imidazole rings is 1. The summed E-state index contributed by atoms with van der Waals surface area (Å²) in [7, 11) is 0. The summed E-state index contributed by atoms with van der Waals surface area (Å²) in [5, 5.41) is 4.09. The van der Waals surface area contributed by atoms with Crippen molar-refractivity contribution in [3.63, 3.8) is 0 Å². The lowest BCUT2D eigenvalue weighted by atomic mass is 9.85. The number of aryl methyl sites for hydroxylation is 1. The zero-order valence-corrected chi connectivity index (χ0v) is 17.1. The molecule has 1 aliphatic heterocycles. The topological polar surface area (TPSA) is 46.6 Å². The van der Waals surface area contributed by atoms with Crippen LogP contribution in [0, 0.1) is 12.7 Å². The third-order valence-corrected chi connectivity index (χ3v) is 6.41. The summed E-state index contributed by atoms with van der Waals surface area (Å²) in [6.07, 6.45) is 7.30. The van der Waals surface area contributed by atoms with Gasteiger partial charge in [-0.3, -0.25) is 0 Å². The van der Waals surface area contributed by atoms with Gasteiger partial charge in [0, 0.05) is 24.4 Å². The van der Waals surface area contributed by atoms with Crippen molar-refractivity contribution in [1.82, 2.24) is 14.5 Å². The largest absolute Gasteiger partial charge is 0.398 e. The van der Waals surface area contributed by atoms with Gasteiger partial charge in [-0.2, -0.15) is 4.57 Å². The summed E-state index contributed by atoms with van der Waals surface area (Å²) < 4.78 is 19.3. The second-order valence-corrected chi connectivity index (χ2v) is 8.69. The number of hydrogen-bond acceptors (Lipinski definition) is 3. The lowest BCUT2D eigenvalue weighted by molar-refractivity contribution is -0.773. The Morgan fingerprint density at radius 2 is 2.00 bits per heavy atom. The predicted octanol–water partition coefficient (Wildman–Crippen LogP) is 5.11. The van der Waals surface area contributed by atoms with Crippen molar-refractivity contribution in [2.75, 3.05) is 5.32 Å². The van der Waals surface area contributed by atoms with Crippen LogP contribution < -0.4 is 9.88 Å². The molecule has 3 heterocycles. The van der Waals surface area contributed by atoms with Crippen LogP contribution in [0.15, 0.2) is 18.3 Å². The highest BCUT2D eigenvalue weighted by Gasteiger charge is 2.53. The second-order valence-electron chi connectivity index (χ2n) is 8.28. The second kappa shape index (κ2) is 6.14. The van der Waals surface area contributed by atoms with E-state index in [1.165, 1.54) is 6.42 Å². The van der Waals surface area contributed by atoms with Gasteiger partial charge in [0.1, 0.15) is 28.3 Å². The molecule has 0 saturated heterocycles. The highest BCUT2D eigenvalue weighted by Crippen LogP contribution is 2.41. The Balaban J connectivity index is 1.76. The summed E-state index contributed by atoms with van der Waals surface area (Å²) in [5.41, 5.74) is 2.67. The maximum atomic E-state index is 15.0. The van der Waals surface area contributed by atoms with Crippen LogP contribution in [-0.4, -0.2) is 14.5 Å². The highest BCUT2D eigenvalue weighted by atomic mass is 35.5. The number of halogens is 2. The minimum absolute atomic E-state index is 0.152. The van der Waals surface area contributed by atoms with Gasteiger partial charge < -0.3 is 4.57 Å². The molecule has 0 radical (unpaired) electrons. The number of rotatable bonds is 2. The first-order valence-corrected chi connectivity index (χ1v) is 10.4. The summed E-state index contributed by atoms with van der Waals surface area (Å²) in [6.45, 7) is 6.09. The number of nitrogens with zero attached hydrogens (tertiary/aromatic N) is 4. The van der Waals surface area contributed by atoms with Gasteiger partial charge in [0.05, 0.1) is 5.52 Å². The first kappa shape index (κ1) is 17.9. The molecule has 1 spiro atoms. The third-order valence-electron chi connectivity index (χ3n) is 6.13. The molecule has 0 bridgehead atoms. The van der Waals surface area contributed by atoms with Crippen LogP contribution >= 0.6 is 11.6 Å². The van der Waals surface area contributed by atoms with Gasteiger partial charge in [-0.05, 0) is 45.7 Å². The van der Waals surface area contributed by atoms with Crippen LogP contribution in [-0.2, 0) is 5.66 Å². The summed E-state index contributed by atoms with van der Waals surface area (Å²) in [6, 6.07) is 3.76. The maximum absolute atomic E-state index is 15.0. The van der Waals surface area contributed by atoms with E-state index in [-0.39, 0.29) is 17.5 Å². The number of fused-ring (bicyclic) bond motifs is 3. The van der Waals surface area contributed by atoms with Crippen molar-refractivity contribution in [2.45, 2.75) is 64.6 Å². The normalized spacial score (nSPS) is 17.6. The molecule has 5 rings (SSSR count). The Kier molecular flexibility index (Phi) is 3.92. The van der Waals surface area contributed by atoms with Crippen molar-refractivity contribution in [1.29, 1.82) is 0 Å². The molecule has 5 nitrogen and oxygen atoms in total. The van der Waals surface area contributed by atoms with Gasteiger partial charge >= 0.3 is 5.95 Å². The van der Waals surface area contributed by atoms with Gasteiger partial charge in [-0.25, -0.2) is 14.7 Å². The van der Waals surface area contributed by atoms with Gasteiger partial charge in [-0.15, -0.1) is 0 Å². The summed E-state index contributed by atoms with van der Waals surface area (Å²) in [5.74, 6) is 1.30. The average Bonchev–Trinajstić information content (AvgIpc) is 3.00. The van der Waals surface area contributed by atoms with Crippen LogP contribution in [0.3, 0.4) is 0 Å². The minimum atomic E-state index is -0.317. The highest BCUT2D eigenvalue weighted by molar-refractivity contribution is 6.32. The van der Waals surface area contributed by atoms with E-state index < -0.39 is 0 Å². The Hall–Kier alpha value is -2.21. The van der Waals surface area contributed by atoms with E-state index in [2.05, 4.69) is 38.3 Å². The Morgan fingerprint density at radius 1 is 1.25 bits per heavy atom. The van der Waals surface area contributed by atoms with Crippen molar-refractivity contribution in [2.24, 2.45) is 0 Å². The number of anilines is 1. The fraction of sp³-hybridized carbons (Fsp3) is 0.476. The van der Waals surface area contributed by atoms with Gasteiger partial charge in [-0.1, -0.05) is 23.0 Å². The van der Waals surface area contributed by atoms with Crippen molar-refractivity contribution >= 4 is 28.6 Å². The number of nitrogens with one attached hydrogen (secondary N) is 1. The van der Waals surface area contributed by atoms with Crippen LogP contribution in [0.1, 0.15) is 57.8 Å². The molecule has 1 fully saturated rings. The first-order chi connectivity index (χ1) is 13.4. The smallest absolute Gasteiger partial charge is 0.326 e. The Labute approximate surface area is 168 Å². The van der Waals surface area contributed by atoms with Crippen molar-refractivity contribution in [3.8, 4) is 11.3 Å². The van der Waals surface area contributed by atoms with Gasteiger partial charge in [0.25, 0.3) is 0 Å². The van der Waals surface area contributed by atoms with E-state index in [0.717, 1.165) is 54.2 Å². The van der Waals surface area contributed by atoms with E-state index in [9.17, 15) is 0 Å². The molecule has 1 aliphatic carbocycles. The van der Waals surface area contributed by atoms with Crippen LogP contribution in [0.25, 0.3) is 22.3 Å². The Bertz CT molecular complexity index is 1100. The standard InChI is InChI=1S/C21H23ClFN5/c1-12(2)27-13(3)25-18-16(23)9-14(10-17(18)27)19-15(22)11-24-20-26-21(28(19)20)7-5-4-6-8-21/h9-12H,4-8H2,1-3H3/p+1. The monoisotopic (exact) mass is 400 g/mol. The quantitative estimate of drug-likeness (QED) is 0.608. The van der Waals surface area contributed by atoms with Crippen molar-refractivity contribution in [3.05, 3.63) is 35.0 Å². The van der Waals surface area contributed by atoms with Crippen LogP contribution in [0.2, 0.25) is 5.02 Å². The molecule has 3 aromatic rings. The molecular weight excluding hydrogens is 377 g/mol. The SMILES string of the molecule is Cc1nc2c(F)cc(-c3c(Cl)cnc4[n+]3C3(CCCCC3)N4)cc2n1C(C)C. The lowest BCUT2D eigenvalue weighted by Crippen LogP contribution is -2.73. The van der Waals surface area contributed by atoms with Crippen molar-refractivity contribution < 1.29 is 8.96 Å². The fourth-order valence-electron chi connectivity index (χ4n) is 4.98. The molecule has 0 unspecified atom stereocenters. The Morgan fingerprint density at radius 3 is 2.71 bits per heavy atom.